The fourth-order valence-electron chi connectivity index (χ4n) is 6.44. The number of nitriles is 1. The molecule has 3 N–H and O–H groups in total. The lowest BCUT2D eigenvalue weighted by Crippen LogP contribution is -2.42. The summed E-state index contributed by atoms with van der Waals surface area (Å²) in [5, 5.41) is 27.2. The molecule has 0 radical (unpaired) electrons. The monoisotopic (exact) mass is 597 g/mol. The summed E-state index contributed by atoms with van der Waals surface area (Å²) in [4.78, 5) is 39.9. The van der Waals surface area contributed by atoms with E-state index < -0.39 is 5.41 Å². The average molecular weight is 598 g/mol. The number of aromatic nitrogens is 2. The standard InChI is InChI=1S/C33H39N7O4/c1-20(2)31-38-39-32(44-31)33(13-14-37-19-28(41)40-15-5-6-25(40)18-34)26-11-9-23(29(42)35-3)16-21(26)7-8-22-17-24(30(43)36-4)10-12-27(22)33/h9-12,16-17,20,25,37H,5-8,13-15,19H2,1-4H3,(H,35,42)(H,36,43)/t25-/m0/s1. The second kappa shape index (κ2) is 13.0. The number of fused-ring (bicyclic) bond motifs is 2. The molecule has 1 atom stereocenters. The summed E-state index contributed by atoms with van der Waals surface area (Å²) in [7, 11) is 3.21. The molecule has 11 heteroatoms. The number of aryl methyl sites for hydroxylation is 2. The summed E-state index contributed by atoms with van der Waals surface area (Å²) in [6.45, 7) is 5.09. The Bertz CT molecular complexity index is 1540. The number of hydrogen-bond donors (Lipinski definition) is 3. The van der Waals surface area contributed by atoms with Crippen LogP contribution >= 0.6 is 0 Å². The Kier molecular flexibility index (Phi) is 9.11. The van der Waals surface area contributed by atoms with Crippen LogP contribution in [0.15, 0.2) is 40.8 Å². The first kappa shape index (κ1) is 30.9. The van der Waals surface area contributed by atoms with Gasteiger partial charge >= 0.3 is 0 Å². The molecule has 0 unspecified atom stereocenters. The molecule has 44 heavy (non-hydrogen) atoms. The number of likely N-dealkylation sites (tertiary alicyclic amines) is 1. The van der Waals surface area contributed by atoms with Gasteiger partial charge in [-0.2, -0.15) is 5.26 Å². The maximum atomic E-state index is 13.0. The molecule has 1 aliphatic heterocycles. The van der Waals surface area contributed by atoms with E-state index in [9.17, 15) is 19.6 Å². The van der Waals surface area contributed by atoms with E-state index in [0.717, 1.165) is 28.7 Å². The number of hydrogen-bond acceptors (Lipinski definition) is 8. The molecule has 1 saturated heterocycles. The van der Waals surface area contributed by atoms with E-state index >= 15 is 0 Å². The quantitative estimate of drug-likeness (QED) is 0.318. The lowest BCUT2D eigenvalue weighted by molar-refractivity contribution is -0.130. The van der Waals surface area contributed by atoms with Crippen LogP contribution in [-0.2, 0) is 23.1 Å². The Morgan fingerprint density at radius 1 is 1.02 bits per heavy atom. The summed E-state index contributed by atoms with van der Waals surface area (Å²) in [6.07, 6.45) is 3.25. The number of rotatable bonds is 9. The van der Waals surface area contributed by atoms with Gasteiger partial charge < -0.3 is 25.3 Å². The number of carbonyl (C=O) groups excluding carboxylic acids is 3. The number of benzene rings is 2. The molecular weight excluding hydrogens is 558 g/mol. The van der Waals surface area contributed by atoms with Gasteiger partial charge in [0.25, 0.3) is 11.8 Å². The summed E-state index contributed by atoms with van der Waals surface area (Å²) < 4.78 is 6.42. The highest BCUT2D eigenvalue weighted by molar-refractivity contribution is 5.95. The summed E-state index contributed by atoms with van der Waals surface area (Å²) in [6, 6.07) is 13.2. The molecule has 2 aliphatic rings. The first-order valence-electron chi connectivity index (χ1n) is 15.2. The van der Waals surface area contributed by atoms with Crippen molar-refractivity contribution in [1.29, 1.82) is 5.26 Å². The Morgan fingerprint density at radius 3 is 2.16 bits per heavy atom. The van der Waals surface area contributed by atoms with Gasteiger partial charge in [0.1, 0.15) is 11.5 Å². The van der Waals surface area contributed by atoms with Crippen LogP contribution in [0.4, 0.5) is 0 Å². The molecule has 1 aliphatic carbocycles. The number of nitrogens with one attached hydrogen (secondary N) is 3. The van der Waals surface area contributed by atoms with Crippen LogP contribution in [-0.4, -0.2) is 72.6 Å². The van der Waals surface area contributed by atoms with Crippen LogP contribution in [0.3, 0.4) is 0 Å². The van der Waals surface area contributed by atoms with E-state index in [1.807, 2.05) is 50.2 Å². The van der Waals surface area contributed by atoms with Gasteiger partial charge in [-0.25, -0.2) is 0 Å². The van der Waals surface area contributed by atoms with E-state index in [4.69, 9.17) is 4.42 Å². The van der Waals surface area contributed by atoms with Gasteiger partial charge in [0.2, 0.25) is 17.7 Å². The molecule has 2 heterocycles. The van der Waals surface area contributed by atoms with E-state index in [0.29, 0.717) is 61.7 Å². The molecule has 5 rings (SSSR count). The van der Waals surface area contributed by atoms with Crippen molar-refractivity contribution in [2.45, 2.75) is 63.3 Å². The topological polar surface area (TPSA) is 153 Å². The van der Waals surface area contributed by atoms with Crippen LogP contribution < -0.4 is 16.0 Å². The van der Waals surface area contributed by atoms with Crippen molar-refractivity contribution in [3.8, 4) is 6.07 Å². The third-order valence-electron chi connectivity index (χ3n) is 8.75. The second-order valence-electron chi connectivity index (χ2n) is 11.7. The highest BCUT2D eigenvalue weighted by Crippen LogP contribution is 2.47. The Morgan fingerprint density at radius 2 is 1.64 bits per heavy atom. The van der Waals surface area contributed by atoms with Crippen LogP contribution in [0.1, 0.15) is 93.8 Å². The first-order valence-corrected chi connectivity index (χ1v) is 15.2. The van der Waals surface area contributed by atoms with E-state index in [1.165, 1.54) is 0 Å². The molecule has 3 aromatic rings. The molecule has 0 saturated carbocycles. The maximum absolute atomic E-state index is 13.0. The molecule has 1 fully saturated rings. The van der Waals surface area contributed by atoms with Gasteiger partial charge in [0, 0.05) is 37.7 Å². The second-order valence-corrected chi connectivity index (χ2v) is 11.7. The summed E-state index contributed by atoms with van der Waals surface area (Å²) in [5.41, 5.74) is 3.98. The number of nitrogens with zero attached hydrogens (tertiary/aromatic N) is 4. The van der Waals surface area contributed by atoms with E-state index in [2.05, 4.69) is 32.2 Å². The molecule has 3 amide bonds. The van der Waals surface area contributed by atoms with Crippen LogP contribution in [0.2, 0.25) is 0 Å². The van der Waals surface area contributed by atoms with Gasteiger partial charge in [-0.05, 0) is 85.2 Å². The summed E-state index contributed by atoms with van der Waals surface area (Å²) in [5.74, 6) is 0.474. The molecular formula is C33H39N7O4. The lowest BCUT2D eigenvalue weighted by Gasteiger charge is -2.34. The highest BCUT2D eigenvalue weighted by Gasteiger charge is 2.45. The highest BCUT2D eigenvalue weighted by atomic mass is 16.4. The van der Waals surface area contributed by atoms with Gasteiger partial charge in [-0.15, -0.1) is 10.2 Å². The molecule has 230 valence electrons. The molecule has 11 nitrogen and oxygen atoms in total. The van der Waals surface area contributed by atoms with Gasteiger partial charge in [-0.1, -0.05) is 26.0 Å². The van der Waals surface area contributed by atoms with Gasteiger partial charge in [0.05, 0.1) is 12.6 Å². The minimum atomic E-state index is -0.928. The van der Waals surface area contributed by atoms with Crippen molar-refractivity contribution in [2.24, 2.45) is 0 Å². The first-order chi connectivity index (χ1) is 21.2. The fraction of sp³-hybridized carbons (Fsp3) is 0.455. The van der Waals surface area contributed by atoms with Crippen LogP contribution in [0.5, 0.6) is 0 Å². The zero-order chi connectivity index (χ0) is 31.4. The van der Waals surface area contributed by atoms with E-state index in [-0.39, 0.29) is 36.2 Å². The molecule has 1 aromatic heterocycles. The average Bonchev–Trinajstić information content (AvgIpc) is 3.72. The number of amides is 3. The Hall–Kier alpha value is -4.56. The fourth-order valence-corrected chi connectivity index (χ4v) is 6.44. The number of carbonyl (C=O) groups is 3. The maximum Gasteiger partial charge on any atom is 0.251 e. The van der Waals surface area contributed by atoms with Crippen molar-refractivity contribution in [1.82, 2.24) is 31.0 Å². The predicted molar refractivity (Wildman–Crippen MR) is 163 cm³/mol. The predicted octanol–water partition coefficient (Wildman–Crippen LogP) is 2.84. The SMILES string of the molecule is CNC(=O)c1ccc2c(c1)CCc1cc(C(=O)NC)ccc1C2(CCNCC(=O)N1CCC[C@H]1C#N)c1nnc(C(C)C)o1. The van der Waals surface area contributed by atoms with Crippen molar-refractivity contribution in [2.75, 3.05) is 33.7 Å². The normalized spacial score (nSPS) is 16.9. The van der Waals surface area contributed by atoms with Crippen molar-refractivity contribution in [3.63, 3.8) is 0 Å². The smallest absolute Gasteiger partial charge is 0.251 e. The Labute approximate surface area is 257 Å². The lowest BCUT2D eigenvalue weighted by atomic mass is 9.69. The third-order valence-corrected chi connectivity index (χ3v) is 8.75. The van der Waals surface area contributed by atoms with Crippen molar-refractivity contribution < 1.29 is 18.8 Å². The van der Waals surface area contributed by atoms with E-state index in [1.54, 1.807) is 19.0 Å². The zero-order valence-electron chi connectivity index (χ0n) is 25.7. The van der Waals surface area contributed by atoms with Crippen LogP contribution in [0.25, 0.3) is 0 Å². The van der Waals surface area contributed by atoms with Crippen molar-refractivity contribution in [3.05, 3.63) is 81.6 Å². The Balaban J connectivity index is 1.61. The zero-order valence-corrected chi connectivity index (χ0v) is 25.7. The molecule has 2 aromatic carbocycles. The van der Waals surface area contributed by atoms with Gasteiger partial charge in [-0.3, -0.25) is 14.4 Å². The van der Waals surface area contributed by atoms with Gasteiger partial charge in [0.15, 0.2) is 0 Å². The van der Waals surface area contributed by atoms with Crippen LogP contribution in [0, 0.1) is 11.3 Å². The largest absolute Gasteiger partial charge is 0.424 e. The third kappa shape index (κ3) is 5.69. The molecule has 0 spiro atoms. The summed E-state index contributed by atoms with van der Waals surface area (Å²) >= 11 is 0. The minimum absolute atomic E-state index is 0.00792. The van der Waals surface area contributed by atoms with Crippen molar-refractivity contribution >= 4 is 17.7 Å². The molecule has 0 bridgehead atoms. The minimum Gasteiger partial charge on any atom is -0.424 e.